The fraction of sp³-hybridized carbons (Fsp3) is 0.167. The third kappa shape index (κ3) is 3.67. The number of carbonyl (C=O) groups is 2. The summed E-state index contributed by atoms with van der Waals surface area (Å²) in [6.07, 6.45) is 0. The number of amides is 1. The van der Waals surface area contributed by atoms with E-state index in [0.717, 1.165) is 13.1 Å². The molecule has 0 atom stereocenters. The van der Waals surface area contributed by atoms with Crippen LogP contribution in [0.2, 0.25) is 0 Å². The first-order chi connectivity index (χ1) is 13.7. The van der Waals surface area contributed by atoms with E-state index in [4.69, 9.17) is 0 Å². The number of benzene rings is 3. The Kier molecular flexibility index (Phi) is 5.20. The molecule has 0 radical (unpaired) electrons. The van der Waals surface area contributed by atoms with Crippen LogP contribution in [-0.2, 0) is 0 Å². The third-order valence-electron chi connectivity index (χ3n) is 5.13. The van der Waals surface area contributed by atoms with Crippen LogP contribution in [0.4, 0.5) is 5.69 Å². The molecular formula is C24H22N2O2. The van der Waals surface area contributed by atoms with Gasteiger partial charge >= 0.3 is 0 Å². The van der Waals surface area contributed by atoms with Gasteiger partial charge < -0.3 is 9.80 Å². The summed E-state index contributed by atoms with van der Waals surface area (Å²) >= 11 is 0. The second-order valence-corrected chi connectivity index (χ2v) is 6.86. The molecule has 3 aromatic rings. The van der Waals surface area contributed by atoms with E-state index in [0.29, 0.717) is 29.8 Å². The lowest BCUT2D eigenvalue weighted by Gasteiger charge is -2.36. The number of para-hydroxylation sites is 1. The van der Waals surface area contributed by atoms with Crippen LogP contribution in [0, 0.1) is 0 Å². The monoisotopic (exact) mass is 370 g/mol. The molecule has 1 heterocycles. The van der Waals surface area contributed by atoms with Gasteiger partial charge in [-0.2, -0.15) is 0 Å². The number of hydrogen-bond donors (Lipinski definition) is 0. The van der Waals surface area contributed by atoms with E-state index >= 15 is 0 Å². The Morgan fingerprint density at radius 2 is 1.14 bits per heavy atom. The summed E-state index contributed by atoms with van der Waals surface area (Å²) in [7, 11) is 0. The van der Waals surface area contributed by atoms with Gasteiger partial charge in [-0.3, -0.25) is 9.59 Å². The van der Waals surface area contributed by atoms with Gasteiger partial charge in [-0.1, -0.05) is 66.7 Å². The van der Waals surface area contributed by atoms with Crippen molar-refractivity contribution in [3.63, 3.8) is 0 Å². The number of nitrogens with zero attached hydrogens (tertiary/aromatic N) is 2. The van der Waals surface area contributed by atoms with Crippen molar-refractivity contribution in [1.29, 1.82) is 0 Å². The molecule has 4 rings (SSSR count). The normalized spacial score (nSPS) is 14.0. The third-order valence-corrected chi connectivity index (χ3v) is 5.13. The molecule has 0 unspecified atom stereocenters. The fourth-order valence-electron chi connectivity index (χ4n) is 3.59. The van der Waals surface area contributed by atoms with Crippen LogP contribution < -0.4 is 4.90 Å². The van der Waals surface area contributed by atoms with E-state index < -0.39 is 0 Å². The van der Waals surface area contributed by atoms with Crippen LogP contribution in [-0.4, -0.2) is 42.8 Å². The van der Waals surface area contributed by atoms with Crippen LogP contribution in [0.15, 0.2) is 84.9 Å². The Bertz CT molecular complexity index is 962. The highest BCUT2D eigenvalue weighted by Gasteiger charge is 2.25. The molecule has 1 amide bonds. The van der Waals surface area contributed by atoms with Crippen molar-refractivity contribution in [2.45, 2.75) is 0 Å². The molecule has 28 heavy (non-hydrogen) atoms. The molecule has 1 aliphatic rings. The maximum absolute atomic E-state index is 13.2. The van der Waals surface area contributed by atoms with Gasteiger partial charge in [-0.05, 0) is 18.2 Å². The van der Waals surface area contributed by atoms with Crippen molar-refractivity contribution in [3.05, 3.63) is 102 Å². The van der Waals surface area contributed by atoms with Crippen molar-refractivity contribution >= 4 is 17.4 Å². The number of ketones is 1. The molecule has 0 N–H and O–H groups in total. The Labute approximate surface area is 165 Å². The smallest absolute Gasteiger partial charge is 0.254 e. The zero-order valence-corrected chi connectivity index (χ0v) is 15.6. The number of rotatable bonds is 4. The van der Waals surface area contributed by atoms with Crippen LogP contribution in [0.25, 0.3) is 0 Å². The van der Waals surface area contributed by atoms with Gasteiger partial charge in [0.15, 0.2) is 5.78 Å². The molecule has 0 saturated carbocycles. The van der Waals surface area contributed by atoms with Crippen molar-refractivity contribution in [2.24, 2.45) is 0 Å². The summed E-state index contributed by atoms with van der Waals surface area (Å²) in [6.45, 7) is 2.85. The summed E-state index contributed by atoms with van der Waals surface area (Å²) in [4.78, 5) is 30.2. The molecule has 4 nitrogen and oxygen atoms in total. The van der Waals surface area contributed by atoms with E-state index in [2.05, 4.69) is 17.0 Å². The molecular weight excluding hydrogens is 348 g/mol. The first kappa shape index (κ1) is 18.0. The minimum atomic E-state index is -0.118. The van der Waals surface area contributed by atoms with Gasteiger partial charge in [0.25, 0.3) is 5.91 Å². The van der Waals surface area contributed by atoms with Gasteiger partial charge in [0.2, 0.25) is 0 Å². The summed E-state index contributed by atoms with van der Waals surface area (Å²) < 4.78 is 0. The first-order valence-electron chi connectivity index (χ1n) is 9.52. The SMILES string of the molecule is O=C(c1ccccc1)c1ccccc1C(=O)N1CCN(c2ccccc2)CC1. The van der Waals surface area contributed by atoms with Crippen molar-refractivity contribution < 1.29 is 9.59 Å². The minimum Gasteiger partial charge on any atom is -0.368 e. The van der Waals surface area contributed by atoms with Gasteiger partial charge in [-0.25, -0.2) is 0 Å². The van der Waals surface area contributed by atoms with Crippen LogP contribution in [0.1, 0.15) is 26.3 Å². The number of piperazine rings is 1. The predicted octanol–water partition coefficient (Wildman–Crippen LogP) is 3.88. The highest BCUT2D eigenvalue weighted by molar-refractivity contribution is 6.15. The van der Waals surface area contributed by atoms with Gasteiger partial charge in [0.05, 0.1) is 5.56 Å². The number of carbonyl (C=O) groups excluding carboxylic acids is 2. The molecule has 0 bridgehead atoms. The zero-order valence-electron chi connectivity index (χ0n) is 15.6. The van der Waals surface area contributed by atoms with Crippen molar-refractivity contribution in [3.8, 4) is 0 Å². The lowest BCUT2D eigenvalue weighted by atomic mass is 9.97. The molecule has 0 spiro atoms. The van der Waals surface area contributed by atoms with Gasteiger partial charge in [-0.15, -0.1) is 0 Å². The summed E-state index contributed by atoms with van der Waals surface area (Å²) in [5.74, 6) is -0.194. The van der Waals surface area contributed by atoms with Gasteiger partial charge in [0, 0.05) is 43.0 Å². The van der Waals surface area contributed by atoms with E-state index in [1.807, 2.05) is 47.4 Å². The quantitative estimate of drug-likeness (QED) is 0.655. The fourth-order valence-corrected chi connectivity index (χ4v) is 3.59. The molecule has 1 aliphatic heterocycles. The predicted molar refractivity (Wildman–Crippen MR) is 111 cm³/mol. The van der Waals surface area contributed by atoms with Crippen LogP contribution in [0.5, 0.6) is 0 Å². The topological polar surface area (TPSA) is 40.6 Å². The van der Waals surface area contributed by atoms with Crippen molar-refractivity contribution in [2.75, 3.05) is 31.1 Å². The van der Waals surface area contributed by atoms with E-state index in [1.165, 1.54) is 5.69 Å². The van der Waals surface area contributed by atoms with Crippen LogP contribution in [0.3, 0.4) is 0 Å². The molecule has 0 aromatic heterocycles. The molecule has 4 heteroatoms. The minimum absolute atomic E-state index is 0.0763. The maximum Gasteiger partial charge on any atom is 0.254 e. The lowest BCUT2D eigenvalue weighted by Crippen LogP contribution is -2.49. The van der Waals surface area contributed by atoms with Crippen LogP contribution >= 0.6 is 0 Å². The molecule has 3 aromatic carbocycles. The second-order valence-electron chi connectivity index (χ2n) is 6.86. The Balaban J connectivity index is 1.51. The van der Waals surface area contributed by atoms with Gasteiger partial charge in [0.1, 0.15) is 0 Å². The highest BCUT2D eigenvalue weighted by atomic mass is 16.2. The summed E-state index contributed by atoms with van der Waals surface area (Å²) in [5.41, 5.74) is 2.71. The molecule has 140 valence electrons. The molecule has 0 aliphatic carbocycles. The highest BCUT2D eigenvalue weighted by Crippen LogP contribution is 2.20. The van der Waals surface area contributed by atoms with Crippen molar-refractivity contribution in [1.82, 2.24) is 4.90 Å². The maximum atomic E-state index is 13.2. The standard InChI is InChI=1S/C24H22N2O2/c27-23(19-9-3-1-4-10-19)21-13-7-8-14-22(21)24(28)26-17-15-25(16-18-26)20-11-5-2-6-12-20/h1-14H,15-18H2. The largest absolute Gasteiger partial charge is 0.368 e. The number of anilines is 1. The van der Waals surface area contributed by atoms with E-state index in [9.17, 15) is 9.59 Å². The number of hydrogen-bond acceptors (Lipinski definition) is 3. The zero-order chi connectivity index (χ0) is 19.3. The summed E-state index contributed by atoms with van der Waals surface area (Å²) in [5, 5.41) is 0. The average Bonchev–Trinajstić information content (AvgIpc) is 2.79. The molecule has 1 saturated heterocycles. The van der Waals surface area contributed by atoms with E-state index in [1.54, 1.807) is 30.3 Å². The Morgan fingerprint density at radius 3 is 1.79 bits per heavy atom. The average molecular weight is 370 g/mol. The van der Waals surface area contributed by atoms with E-state index in [-0.39, 0.29) is 11.7 Å². The Hall–Kier alpha value is -3.40. The lowest BCUT2D eigenvalue weighted by molar-refractivity contribution is 0.0742. The molecule has 1 fully saturated rings. The second kappa shape index (κ2) is 8.09. The summed E-state index contributed by atoms with van der Waals surface area (Å²) in [6, 6.07) is 26.4. The Morgan fingerprint density at radius 1 is 0.607 bits per heavy atom. The first-order valence-corrected chi connectivity index (χ1v) is 9.52.